The summed E-state index contributed by atoms with van der Waals surface area (Å²) in [5, 5.41) is 8.71. The number of nitrogens with one attached hydrogen (secondary N) is 1. The van der Waals surface area contributed by atoms with Gasteiger partial charge in [0, 0.05) is 35.4 Å². The molecule has 1 N–H and O–H groups in total. The smallest absolute Gasteiger partial charge is 0.0540 e. The predicted molar refractivity (Wildman–Crippen MR) is 84.1 cm³/mol. The number of halogens is 1. The highest BCUT2D eigenvalue weighted by Gasteiger charge is 2.14. The fourth-order valence-electron chi connectivity index (χ4n) is 2.49. The largest absolute Gasteiger partial charge is 0.307 e. The van der Waals surface area contributed by atoms with Gasteiger partial charge in [0.15, 0.2) is 0 Å². The molecule has 0 bridgehead atoms. The van der Waals surface area contributed by atoms with Gasteiger partial charge in [-0.1, -0.05) is 23.7 Å². The number of rotatable bonds is 5. The van der Waals surface area contributed by atoms with Crippen LogP contribution in [0.5, 0.6) is 0 Å². The highest BCUT2D eigenvalue weighted by Crippen LogP contribution is 2.18. The van der Waals surface area contributed by atoms with Gasteiger partial charge in [-0.2, -0.15) is 5.10 Å². The first-order valence-corrected chi connectivity index (χ1v) is 7.34. The summed E-state index contributed by atoms with van der Waals surface area (Å²) in [6.45, 7) is 6.49. The first-order valence-electron chi connectivity index (χ1n) is 6.96. The quantitative estimate of drug-likeness (QED) is 0.911. The van der Waals surface area contributed by atoms with E-state index in [0.717, 1.165) is 11.4 Å². The van der Waals surface area contributed by atoms with Crippen LogP contribution >= 0.6 is 11.6 Å². The van der Waals surface area contributed by atoms with Crippen LogP contribution in [-0.4, -0.2) is 15.8 Å². The number of aryl methyl sites for hydroxylation is 1. The molecule has 3 nitrogen and oxygen atoms in total. The molecule has 2 rings (SSSR count). The van der Waals surface area contributed by atoms with Gasteiger partial charge in [0.1, 0.15) is 0 Å². The van der Waals surface area contributed by atoms with Gasteiger partial charge in [0.2, 0.25) is 0 Å². The first-order chi connectivity index (χ1) is 9.47. The van der Waals surface area contributed by atoms with Crippen LogP contribution in [0.1, 0.15) is 36.7 Å². The summed E-state index contributed by atoms with van der Waals surface area (Å²) in [5.74, 6) is 0. The zero-order valence-corrected chi connectivity index (χ0v) is 13.3. The number of hydrogen-bond donors (Lipinski definition) is 1. The van der Waals surface area contributed by atoms with Crippen LogP contribution in [-0.2, 0) is 13.5 Å². The Hall–Kier alpha value is -1.32. The third kappa shape index (κ3) is 3.62. The van der Waals surface area contributed by atoms with E-state index in [0.29, 0.717) is 12.1 Å². The minimum Gasteiger partial charge on any atom is -0.307 e. The minimum atomic E-state index is 0.297. The Morgan fingerprint density at radius 1 is 1.25 bits per heavy atom. The summed E-state index contributed by atoms with van der Waals surface area (Å²) in [6.07, 6.45) is 2.93. The molecule has 0 aliphatic rings. The average molecular weight is 292 g/mol. The molecule has 2 atom stereocenters. The summed E-state index contributed by atoms with van der Waals surface area (Å²) in [6, 6.07) is 8.74. The van der Waals surface area contributed by atoms with Gasteiger partial charge in [-0.3, -0.25) is 4.68 Å². The Morgan fingerprint density at radius 3 is 2.45 bits per heavy atom. The maximum Gasteiger partial charge on any atom is 0.0540 e. The molecule has 4 heteroatoms. The van der Waals surface area contributed by atoms with E-state index >= 15 is 0 Å². The first kappa shape index (κ1) is 15.1. The van der Waals surface area contributed by atoms with Crippen LogP contribution in [0.15, 0.2) is 30.5 Å². The van der Waals surface area contributed by atoms with E-state index in [1.807, 2.05) is 30.1 Å². The van der Waals surface area contributed by atoms with Gasteiger partial charge in [-0.15, -0.1) is 0 Å². The van der Waals surface area contributed by atoms with Gasteiger partial charge < -0.3 is 5.32 Å². The Morgan fingerprint density at radius 2 is 1.90 bits per heavy atom. The third-order valence-electron chi connectivity index (χ3n) is 3.73. The fraction of sp³-hybridized carbons (Fsp3) is 0.438. The van der Waals surface area contributed by atoms with Crippen molar-refractivity contribution in [1.82, 2.24) is 15.1 Å². The molecule has 1 aromatic carbocycles. The van der Waals surface area contributed by atoms with Crippen LogP contribution in [0, 0.1) is 6.92 Å². The Bertz CT molecular complexity index is 560. The predicted octanol–water partition coefficient (Wildman–Crippen LogP) is 3.66. The monoisotopic (exact) mass is 291 g/mol. The Kier molecular flexibility index (Phi) is 4.84. The highest BCUT2D eigenvalue weighted by atomic mass is 35.5. The molecule has 108 valence electrons. The zero-order valence-electron chi connectivity index (χ0n) is 12.5. The van der Waals surface area contributed by atoms with Crippen molar-refractivity contribution in [2.75, 3.05) is 0 Å². The molecule has 0 saturated carbocycles. The average Bonchev–Trinajstić information content (AvgIpc) is 2.73. The molecule has 0 fully saturated rings. The van der Waals surface area contributed by atoms with Crippen molar-refractivity contribution in [2.24, 2.45) is 7.05 Å². The second-order valence-corrected chi connectivity index (χ2v) is 5.87. The molecular weight excluding hydrogens is 270 g/mol. The van der Waals surface area contributed by atoms with Crippen LogP contribution in [0.25, 0.3) is 0 Å². The van der Waals surface area contributed by atoms with Crippen molar-refractivity contribution in [3.05, 3.63) is 52.3 Å². The van der Waals surface area contributed by atoms with E-state index in [9.17, 15) is 0 Å². The molecule has 1 aromatic heterocycles. The minimum absolute atomic E-state index is 0.297. The summed E-state index contributed by atoms with van der Waals surface area (Å²) in [7, 11) is 1.97. The maximum atomic E-state index is 5.91. The van der Waals surface area contributed by atoms with Crippen molar-refractivity contribution in [1.29, 1.82) is 0 Å². The van der Waals surface area contributed by atoms with Crippen molar-refractivity contribution >= 4 is 11.6 Å². The number of aromatic nitrogens is 2. The van der Waals surface area contributed by atoms with Gasteiger partial charge >= 0.3 is 0 Å². The normalized spacial score (nSPS) is 14.2. The summed E-state index contributed by atoms with van der Waals surface area (Å²) < 4.78 is 1.91. The number of hydrogen-bond acceptors (Lipinski definition) is 2. The highest BCUT2D eigenvalue weighted by molar-refractivity contribution is 6.30. The van der Waals surface area contributed by atoms with Crippen molar-refractivity contribution in [2.45, 2.75) is 39.3 Å². The molecular formula is C16H22ClN3. The number of benzene rings is 1. The van der Waals surface area contributed by atoms with E-state index in [1.54, 1.807) is 0 Å². The number of nitrogens with zero attached hydrogens (tertiary/aromatic N) is 2. The molecule has 1 heterocycles. The van der Waals surface area contributed by atoms with Gasteiger partial charge in [-0.05, 0) is 44.9 Å². The standard InChI is InChI=1S/C16H22ClN3/c1-11(9-14-5-7-15(17)8-6-14)19-12(2)16-10-18-20(4)13(16)3/h5-8,10-12,19H,9H2,1-4H3. The Balaban J connectivity index is 1.95. The van der Waals surface area contributed by atoms with E-state index in [-0.39, 0.29) is 0 Å². The molecule has 0 aliphatic carbocycles. The van der Waals surface area contributed by atoms with Crippen molar-refractivity contribution < 1.29 is 0 Å². The second-order valence-electron chi connectivity index (χ2n) is 5.43. The lowest BCUT2D eigenvalue weighted by molar-refractivity contribution is 0.475. The SMILES string of the molecule is Cc1c(C(C)NC(C)Cc2ccc(Cl)cc2)cnn1C. The van der Waals surface area contributed by atoms with Crippen LogP contribution < -0.4 is 5.32 Å². The van der Waals surface area contributed by atoms with Gasteiger partial charge in [0.05, 0.1) is 6.20 Å². The van der Waals surface area contributed by atoms with Crippen LogP contribution in [0.3, 0.4) is 0 Å². The molecule has 2 unspecified atom stereocenters. The molecule has 20 heavy (non-hydrogen) atoms. The molecule has 2 aromatic rings. The lowest BCUT2D eigenvalue weighted by Crippen LogP contribution is -2.30. The van der Waals surface area contributed by atoms with Crippen molar-refractivity contribution in [3.63, 3.8) is 0 Å². The third-order valence-corrected chi connectivity index (χ3v) is 3.98. The zero-order chi connectivity index (χ0) is 14.7. The lowest BCUT2D eigenvalue weighted by Gasteiger charge is -2.20. The van der Waals surface area contributed by atoms with E-state index in [4.69, 9.17) is 11.6 Å². The summed E-state index contributed by atoms with van der Waals surface area (Å²) in [5.41, 5.74) is 3.77. The fourth-order valence-corrected chi connectivity index (χ4v) is 2.62. The van der Waals surface area contributed by atoms with Crippen LogP contribution in [0.2, 0.25) is 5.02 Å². The van der Waals surface area contributed by atoms with Gasteiger partial charge in [0.25, 0.3) is 0 Å². The maximum absolute atomic E-state index is 5.91. The topological polar surface area (TPSA) is 29.9 Å². The Labute approximate surface area is 126 Å². The molecule has 0 amide bonds. The summed E-state index contributed by atoms with van der Waals surface area (Å²) >= 11 is 5.91. The van der Waals surface area contributed by atoms with Crippen LogP contribution in [0.4, 0.5) is 0 Å². The van der Waals surface area contributed by atoms with E-state index in [1.165, 1.54) is 16.8 Å². The molecule has 0 saturated heterocycles. The van der Waals surface area contributed by atoms with E-state index in [2.05, 4.69) is 43.3 Å². The lowest BCUT2D eigenvalue weighted by atomic mass is 10.0. The van der Waals surface area contributed by atoms with Gasteiger partial charge in [-0.25, -0.2) is 0 Å². The molecule has 0 spiro atoms. The molecule has 0 aliphatic heterocycles. The van der Waals surface area contributed by atoms with E-state index < -0.39 is 0 Å². The second kappa shape index (κ2) is 6.42. The van der Waals surface area contributed by atoms with Crippen molar-refractivity contribution in [3.8, 4) is 0 Å². The summed E-state index contributed by atoms with van der Waals surface area (Å²) in [4.78, 5) is 0. The molecule has 0 radical (unpaired) electrons.